The van der Waals surface area contributed by atoms with Gasteiger partial charge in [0.1, 0.15) is 18.1 Å². The van der Waals surface area contributed by atoms with Crippen molar-refractivity contribution in [2.75, 3.05) is 0 Å². The smallest absolute Gasteiger partial charge is 0.352 e. The minimum absolute atomic E-state index is 0.0312. The minimum Gasteiger partial charge on any atom is -0.477 e. The number of hydrogen-bond donors (Lipinski definition) is 2. The first-order chi connectivity index (χ1) is 9.99. The molecule has 0 aliphatic rings. The molecule has 110 valence electrons. The zero-order chi connectivity index (χ0) is 15.4. The Labute approximate surface area is 121 Å². The molecule has 6 heteroatoms. The van der Waals surface area contributed by atoms with E-state index in [2.05, 4.69) is 5.32 Å². The first-order valence-corrected chi connectivity index (χ1v) is 6.41. The monoisotopic (exact) mass is 290 g/mol. The number of carboxylic acids is 1. The second-order valence-corrected chi connectivity index (χ2v) is 4.64. The van der Waals surface area contributed by atoms with E-state index in [0.29, 0.717) is 5.56 Å². The largest absolute Gasteiger partial charge is 0.477 e. The van der Waals surface area contributed by atoms with E-state index in [4.69, 9.17) is 5.11 Å². The molecular formula is C15H15FN2O3. The molecule has 0 saturated heterocycles. The van der Waals surface area contributed by atoms with Crippen LogP contribution in [0.2, 0.25) is 0 Å². The van der Waals surface area contributed by atoms with Crippen molar-refractivity contribution in [2.45, 2.75) is 19.5 Å². The number of carbonyl (C=O) groups excluding carboxylic acids is 1. The van der Waals surface area contributed by atoms with E-state index in [9.17, 15) is 14.0 Å². The Morgan fingerprint density at radius 2 is 2.00 bits per heavy atom. The highest BCUT2D eigenvalue weighted by molar-refractivity contribution is 5.87. The summed E-state index contributed by atoms with van der Waals surface area (Å²) in [6, 6.07) is 8.66. The van der Waals surface area contributed by atoms with Gasteiger partial charge in [-0.05, 0) is 25.1 Å². The molecule has 1 atom stereocenters. The fraction of sp³-hybridized carbons (Fsp3) is 0.200. The van der Waals surface area contributed by atoms with Crippen LogP contribution in [0.3, 0.4) is 0 Å². The van der Waals surface area contributed by atoms with Gasteiger partial charge in [0.15, 0.2) is 0 Å². The molecule has 0 aliphatic carbocycles. The van der Waals surface area contributed by atoms with Gasteiger partial charge < -0.3 is 15.0 Å². The number of aromatic carboxylic acids is 1. The Kier molecular flexibility index (Phi) is 4.37. The lowest BCUT2D eigenvalue weighted by molar-refractivity contribution is -0.122. The number of carbonyl (C=O) groups is 2. The molecule has 1 unspecified atom stereocenters. The molecule has 1 heterocycles. The van der Waals surface area contributed by atoms with Crippen LogP contribution in [0, 0.1) is 5.82 Å². The number of amides is 1. The van der Waals surface area contributed by atoms with Gasteiger partial charge in [0.2, 0.25) is 5.91 Å². The third kappa shape index (κ3) is 3.47. The first-order valence-electron chi connectivity index (χ1n) is 6.41. The van der Waals surface area contributed by atoms with Crippen molar-refractivity contribution < 1.29 is 19.1 Å². The number of halogens is 1. The van der Waals surface area contributed by atoms with Crippen LogP contribution in [0.4, 0.5) is 4.39 Å². The third-order valence-electron chi connectivity index (χ3n) is 3.11. The third-order valence-corrected chi connectivity index (χ3v) is 3.11. The molecule has 1 aromatic carbocycles. The molecule has 0 bridgehead atoms. The lowest BCUT2D eigenvalue weighted by atomic mass is 10.1. The lowest BCUT2D eigenvalue weighted by Crippen LogP contribution is -2.31. The Morgan fingerprint density at radius 3 is 2.67 bits per heavy atom. The number of carboxylic acid groups (broad SMARTS) is 1. The van der Waals surface area contributed by atoms with Gasteiger partial charge in [-0.15, -0.1) is 0 Å². The SMILES string of the molecule is CC(NC(=O)Cn1cccc1C(=O)O)c1ccccc1F. The highest BCUT2D eigenvalue weighted by Gasteiger charge is 2.15. The zero-order valence-electron chi connectivity index (χ0n) is 11.4. The van der Waals surface area contributed by atoms with Crippen LogP contribution in [-0.4, -0.2) is 21.6 Å². The molecule has 0 fully saturated rings. The van der Waals surface area contributed by atoms with E-state index in [1.807, 2.05) is 0 Å². The van der Waals surface area contributed by atoms with E-state index >= 15 is 0 Å². The van der Waals surface area contributed by atoms with Crippen molar-refractivity contribution in [3.8, 4) is 0 Å². The van der Waals surface area contributed by atoms with Crippen LogP contribution in [0.5, 0.6) is 0 Å². The topological polar surface area (TPSA) is 71.3 Å². The number of nitrogens with zero attached hydrogens (tertiary/aromatic N) is 1. The second-order valence-electron chi connectivity index (χ2n) is 4.64. The van der Waals surface area contributed by atoms with Crippen LogP contribution >= 0.6 is 0 Å². The van der Waals surface area contributed by atoms with E-state index < -0.39 is 17.8 Å². The fourth-order valence-electron chi connectivity index (χ4n) is 2.09. The molecule has 0 radical (unpaired) electrons. The second kappa shape index (κ2) is 6.21. The number of nitrogens with one attached hydrogen (secondary N) is 1. The van der Waals surface area contributed by atoms with Crippen molar-refractivity contribution in [1.29, 1.82) is 0 Å². The Bertz CT molecular complexity index is 666. The number of hydrogen-bond acceptors (Lipinski definition) is 2. The standard InChI is InChI=1S/C15H15FN2O3/c1-10(11-5-2-3-6-12(11)16)17-14(19)9-18-8-4-7-13(18)15(20)21/h2-8,10H,9H2,1H3,(H,17,19)(H,20,21). The Balaban J connectivity index is 2.03. The predicted octanol–water partition coefficient (Wildman–Crippen LogP) is 2.20. The van der Waals surface area contributed by atoms with Crippen LogP contribution in [0.15, 0.2) is 42.6 Å². The number of benzene rings is 1. The maximum absolute atomic E-state index is 13.6. The van der Waals surface area contributed by atoms with E-state index in [1.54, 1.807) is 31.2 Å². The quantitative estimate of drug-likeness (QED) is 0.886. The maximum Gasteiger partial charge on any atom is 0.352 e. The summed E-state index contributed by atoms with van der Waals surface area (Å²) in [6.07, 6.45) is 1.51. The van der Waals surface area contributed by atoms with Gasteiger partial charge in [0.25, 0.3) is 0 Å². The maximum atomic E-state index is 13.6. The van der Waals surface area contributed by atoms with Crippen molar-refractivity contribution >= 4 is 11.9 Å². The molecule has 2 aromatic rings. The summed E-state index contributed by atoms with van der Waals surface area (Å²) in [5, 5.41) is 11.6. The van der Waals surface area contributed by atoms with Crippen LogP contribution in [0.1, 0.15) is 29.0 Å². The molecule has 21 heavy (non-hydrogen) atoms. The minimum atomic E-state index is -1.10. The fourth-order valence-corrected chi connectivity index (χ4v) is 2.09. The van der Waals surface area contributed by atoms with Gasteiger partial charge in [0.05, 0.1) is 6.04 Å². The van der Waals surface area contributed by atoms with Gasteiger partial charge in [0, 0.05) is 11.8 Å². The van der Waals surface area contributed by atoms with Gasteiger partial charge in [-0.1, -0.05) is 18.2 Å². The summed E-state index contributed by atoms with van der Waals surface area (Å²) in [7, 11) is 0. The summed E-state index contributed by atoms with van der Waals surface area (Å²) in [4.78, 5) is 22.9. The molecule has 5 nitrogen and oxygen atoms in total. The van der Waals surface area contributed by atoms with Gasteiger partial charge in [-0.2, -0.15) is 0 Å². The molecular weight excluding hydrogens is 275 g/mol. The Hall–Kier alpha value is -2.63. The van der Waals surface area contributed by atoms with Gasteiger partial charge in [-0.25, -0.2) is 9.18 Å². The summed E-state index contributed by atoms with van der Waals surface area (Å²) in [5.74, 6) is -1.88. The predicted molar refractivity (Wildman–Crippen MR) is 74.3 cm³/mol. The van der Waals surface area contributed by atoms with E-state index in [-0.39, 0.29) is 18.1 Å². The van der Waals surface area contributed by atoms with Crippen molar-refractivity contribution in [3.05, 3.63) is 59.7 Å². The zero-order valence-corrected chi connectivity index (χ0v) is 11.4. The highest BCUT2D eigenvalue weighted by atomic mass is 19.1. The molecule has 0 spiro atoms. The summed E-state index contributed by atoms with van der Waals surface area (Å²) >= 11 is 0. The van der Waals surface area contributed by atoms with Crippen LogP contribution in [0.25, 0.3) is 0 Å². The first kappa shape index (κ1) is 14.8. The molecule has 0 saturated carbocycles. The molecule has 1 aromatic heterocycles. The van der Waals surface area contributed by atoms with Crippen LogP contribution < -0.4 is 5.32 Å². The molecule has 0 aliphatic heterocycles. The molecule has 1 amide bonds. The highest BCUT2D eigenvalue weighted by Crippen LogP contribution is 2.16. The van der Waals surface area contributed by atoms with Gasteiger partial charge in [-0.3, -0.25) is 4.79 Å². The van der Waals surface area contributed by atoms with Gasteiger partial charge >= 0.3 is 5.97 Å². The van der Waals surface area contributed by atoms with Crippen molar-refractivity contribution in [1.82, 2.24) is 9.88 Å². The van der Waals surface area contributed by atoms with E-state index in [1.165, 1.54) is 22.9 Å². The molecule has 2 rings (SSSR count). The average Bonchev–Trinajstić information content (AvgIpc) is 2.87. The summed E-state index contributed by atoms with van der Waals surface area (Å²) < 4.78 is 14.9. The normalized spacial score (nSPS) is 11.9. The summed E-state index contributed by atoms with van der Waals surface area (Å²) in [6.45, 7) is 1.54. The molecule has 2 N–H and O–H groups in total. The van der Waals surface area contributed by atoms with Crippen LogP contribution in [-0.2, 0) is 11.3 Å². The summed E-state index contributed by atoms with van der Waals surface area (Å²) in [5.41, 5.74) is 0.417. The van der Waals surface area contributed by atoms with Crippen molar-refractivity contribution in [2.24, 2.45) is 0 Å². The lowest BCUT2D eigenvalue weighted by Gasteiger charge is -2.15. The number of rotatable bonds is 5. The Morgan fingerprint density at radius 1 is 1.29 bits per heavy atom. The number of aromatic nitrogens is 1. The average molecular weight is 290 g/mol. The van der Waals surface area contributed by atoms with Crippen molar-refractivity contribution in [3.63, 3.8) is 0 Å². The van der Waals surface area contributed by atoms with E-state index in [0.717, 1.165) is 0 Å².